The van der Waals surface area contributed by atoms with Crippen molar-refractivity contribution in [2.24, 2.45) is 0 Å². The second kappa shape index (κ2) is 8.07. The van der Waals surface area contributed by atoms with Crippen molar-refractivity contribution in [1.29, 1.82) is 0 Å². The van der Waals surface area contributed by atoms with Gasteiger partial charge in [0.2, 0.25) is 0 Å². The molecule has 6 heteroatoms. The molecular weight excluding hydrogens is 456 g/mol. The van der Waals surface area contributed by atoms with Gasteiger partial charge in [-0.1, -0.05) is 65.9 Å². The molecule has 0 saturated carbocycles. The van der Waals surface area contributed by atoms with Crippen LogP contribution in [-0.2, 0) is 11.2 Å². The molecule has 154 valence electrons. The van der Waals surface area contributed by atoms with Crippen LogP contribution in [0.1, 0.15) is 22.9 Å². The number of nitrogens with zero attached hydrogens (tertiary/aromatic N) is 1. The van der Waals surface area contributed by atoms with Gasteiger partial charge < -0.3 is 15.0 Å². The lowest BCUT2D eigenvalue weighted by atomic mass is 9.88. The molecule has 2 N–H and O–H groups in total. The number of fused-ring (bicyclic) bond motifs is 3. The van der Waals surface area contributed by atoms with Crippen LogP contribution in [0, 0.1) is 11.5 Å². The fourth-order valence-electron chi connectivity index (χ4n) is 4.07. The third kappa shape index (κ3) is 3.98. The van der Waals surface area contributed by atoms with Gasteiger partial charge in [0.1, 0.15) is 8.07 Å². The van der Waals surface area contributed by atoms with Crippen molar-refractivity contribution < 1.29 is 9.90 Å². The van der Waals surface area contributed by atoms with Crippen molar-refractivity contribution in [2.75, 3.05) is 6.61 Å². The Morgan fingerprint density at radius 1 is 1.20 bits per heavy atom. The molecule has 30 heavy (non-hydrogen) atoms. The Kier molecular flexibility index (Phi) is 5.63. The molecule has 2 atom stereocenters. The first-order valence-electron chi connectivity index (χ1n) is 10.1. The molecule has 3 aromatic rings. The molecule has 0 radical (unpaired) electrons. The molecule has 2 heterocycles. The molecule has 1 aliphatic heterocycles. The number of nitrogens with one attached hydrogen (secondary N) is 1. The van der Waals surface area contributed by atoms with E-state index in [4.69, 9.17) is 0 Å². The number of carbonyl (C=O) groups is 1. The molecule has 0 aliphatic carbocycles. The van der Waals surface area contributed by atoms with E-state index in [0.717, 1.165) is 26.6 Å². The third-order valence-corrected chi connectivity index (χ3v) is 6.81. The Hall–Kier alpha value is -2.33. The number of hydrogen-bond acceptors (Lipinski definition) is 2. The van der Waals surface area contributed by atoms with Gasteiger partial charge >= 0.3 is 0 Å². The van der Waals surface area contributed by atoms with Crippen LogP contribution >= 0.6 is 15.9 Å². The third-order valence-electron chi connectivity index (χ3n) is 5.41. The van der Waals surface area contributed by atoms with E-state index in [9.17, 15) is 9.90 Å². The van der Waals surface area contributed by atoms with Gasteiger partial charge in [-0.3, -0.25) is 4.79 Å². The number of halogens is 1. The Labute approximate surface area is 186 Å². The first-order chi connectivity index (χ1) is 14.3. The van der Waals surface area contributed by atoms with E-state index < -0.39 is 8.07 Å². The van der Waals surface area contributed by atoms with Crippen molar-refractivity contribution in [3.63, 3.8) is 0 Å². The maximum atomic E-state index is 13.3. The van der Waals surface area contributed by atoms with Crippen molar-refractivity contribution in [3.8, 4) is 11.5 Å². The number of hydrogen-bond donors (Lipinski definition) is 2. The zero-order valence-electron chi connectivity index (χ0n) is 17.4. The summed E-state index contributed by atoms with van der Waals surface area (Å²) in [6, 6.07) is 15.5. The lowest BCUT2D eigenvalue weighted by Gasteiger charge is -2.40. The van der Waals surface area contributed by atoms with Crippen LogP contribution < -0.4 is 0 Å². The normalized spacial score (nSPS) is 18.6. The summed E-state index contributed by atoms with van der Waals surface area (Å²) >= 11 is 3.50. The second-order valence-corrected chi connectivity index (χ2v) is 14.4. The van der Waals surface area contributed by atoms with Crippen LogP contribution in [0.15, 0.2) is 53.0 Å². The summed E-state index contributed by atoms with van der Waals surface area (Å²) in [6.45, 7) is 6.26. The molecule has 1 aliphatic rings. The zero-order chi connectivity index (χ0) is 21.5. The molecular formula is C24H25BrN2O2Si. The number of carbonyl (C=O) groups excluding carboxylic acids is 1. The van der Waals surface area contributed by atoms with Gasteiger partial charge in [-0.15, -0.1) is 5.54 Å². The summed E-state index contributed by atoms with van der Waals surface area (Å²) in [4.78, 5) is 18.7. The fourth-order valence-corrected chi connectivity index (χ4v) is 4.82. The zero-order valence-corrected chi connectivity index (χ0v) is 20.0. The Morgan fingerprint density at radius 3 is 2.57 bits per heavy atom. The van der Waals surface area contributed by atoms with E-state index in [1.165, 1.54) is 5.56 Å². The van der Waals surface area contributed by atoms with Gasteiger partial charge in [0.05, 0.1) is 18.7 Å². The van der Waals surface area contributed by atoms with Crippen LogP contribution in [0.3, 0.4) is 0 Å². The monoisotopic (exact) mass is 480 g/mol. The highest BCUT2D eigenvalue weighted by molar-refractivity contribution is 9.10. The fraction of sp³-hybridized carbons (Fsp3) is 0.292. The maximum Gasteiger partial charge on any atom is 0.299 e. The van der Waals surface area contributed by atoms with Crippen LogP contribution in [0.2, 0.25) is 19.6 Å². The van der Waals surface area contributed by atoms with Crippen LogP contribution in [0.5, 0.6) is 0 Å². The van der Waals surface area contributed by atoms with E-state index >= 15 is 0 Å². The highest BCUT2D eigenvalue weighted by Crippen LogP contribution is 2.41. The van der Waals surface area contributed by atoms with Crippen molar-refractivity contribution >= 4 is 40.8 Å². The Morgan fingerprint density at radius 2 is 1.90 bits per heavy atom. The van der Waals surface area contributed by atoms with Crippen molar-refractivity contribution in [2.45, 2.75) is 38.1 Å². The minimum atomic E-state index is -1.71. The number of H-pyrrole nitrogens is 1. The van der Waals surface area contributed by atoms with Gasteiger partial charge in [-0.25, -0.2) is 0 Å². The van der Waals surface area contributed by atoms with Gasteiger partial charge in [-0.2, -0.15) is 0 Å². The molecule has 2 unspecified atom stereocenters. The van der Waals surface area contributed by atoms with Gasteiger partial charge in [0, 0.05) is 21.1 Å². The summed E-state index contributed by atoms with van der Waals surface area (Å²) in [5, 5.41) is 11.4. The average molecular weight is 481 g/mol. The largest absolute Gasteiger partial charge is 0.394 e. The second-order valence-electron chi connectivity index (χ2n) is 8.77. The number of aromatic nitrogens is 1. The number of rotatable bonds is 2. The van der Waals surface area contributed by atoms with Gasteiger partial charge in [-0.05, 0) is 41.7 Å². The number of aliphatic hydroxyl groups excluding tert-OH is 1. The lowest BCUT2D eigenvalue weighted by molar-refractivity contribution is -0.131. The molecule has 1 amide bonds. The minimum Gasteiger partial charge on any atom is -0.394 e. The van der Waals surface area contributed by atoms with Crippen molar-refractivity contribution in [1.82, 2.24) is 9.88 Å². The predicted molar refractivity (Wildman–Crippen MR) is 127 cm³/mol. The van der Waals surface area contributed by atoms with Crippen LogP contribution in [-0.4, -0.2) is 41.6 Å². The Balaban J connectivity index is 1.91. The summed E-state index contributed by atoms with van der Waals surface area (Å²) in [7, 11) is -1.71. The molecule has 4 rings (SSSR count). The smallest absolute Gasteiger partial charge is 0.299 e. The molecule has 0 saturated heterocycles. The Bertz CT molecular complexity index is 1150. The van der Waals surface area contributed by atoms with E-state index in [1.54, 1.807) is 4.90 Å². The standard InChI is InChI=1S/C24H25BrN2O2Si/c1-30(2,3)13-12-22(29)27-18(15-28)14-20-19-6-4-5-7-21(19)26-23(20)24(27)16-8-10-17(25)11-9-16/h4-11,18,24,26,28H,14-15H2,1-3H3. The molecule has 0 bridgehead atoms. The summed E-state index contributed by atoms with van der Waals surface area (Å²) in [5.41, 5.74) is 7.40. The van der Waals surface area contributed by atoms with E-state index in [0.29, 0.717) is 6.42 Å². The van der Waals surface area contributed by atoms with Crippen LogP contribution in [0.25, 0.3) is 10.9 Å². The van der Waals surface area contributed by atoms with Crippen molar-refractivity contribution in [3.05, 3.63) is 69.8 Å². The quantitative estimate of drug-likeness (QED) is 0.414. The molecule has 2 aromatic carbocycles. The summed E-state index contributed by atoms with van der Waals surface area (Å²) in [6.07, 6.45) is 0.600. The first-order valence-corrected chi connectivity index (χ1v) is 14.4. The number of aromatic amines is 1. The first kappa shape index (κ1) is 20.9. The molecule has 0 spiro atoms. The highest BCUT2D eigenvalue weighted by atomic mass is 79.9. The maximum absolute atomic E-state index is 13.3. The SMILES string of the molecule is C[Si](C)(C)C#CC(=O)N1C(CO)Cc2c([nH]c3ccccc23)C1c1ccc(Br)cc1. The van der Waals surface area contributed by atoms with Gasteiger partial charge in [0.25, 0.3) is 5.91 Å². The number of aliphatic hydroxyl groups is 1. The average Bonchev–Trinajstić information content (AvgIpc) is 3.09. The lowest BCUT2D eigenvalue weighted by Crippen LogP contribution is -2.49. The molecule has 4 nitrogen and oxygen atoms in total. The summed E-state index contributed by atoms with van der Waals surface area (Å²) in [5.74, 6) is 2.67. The molecule has 0 fully saturated rings. The minimum absolute atomic E-state index is 0.105. The molecule has 1 aromatic heterocycles. The highest BCUT2D eigenvalue weighted by Gasteiger charge is 2.39. The topological polar surface area (TPSA) is 56.3 Å². The van der Waals surface area contributed by atoms with E-state index in [1.807, 2.05) is 36.4 Å². The predicted octanol–water partition coefficient (Wildman–Crippen LogP) is 4.65. The number of para-hydroxylation sites is 1. The number of amides is 1. The summed E-state index contributed by atoms with van der Waals surface area (Å²) < 4.78 is 0.981. The van der Waals surface area contributed by atoms with E-state index in [2.05, 4.69) is 64.2 Å². The number of benzene rings is 2. The van der Waals surface area contributed by atoms with E-state index in [-0.39, 0.29) is 24.6 Å². The van der Waals surface area contributed by atoms with Crippen LogP contribution in [0.4, 0.5) is 0 Å². The van der Waals surface area contributed by atoms with Gasteiger partial charge in [0.15, 0.2) is 0 Å².